The van der Waals surface area contributed by atoms with Gasteiger partial charge in [0.25, 0.3) is 17.7 Å². The number of hydrogen-bond donors (Lipinski definition) is 4. The molecule has 0 bridgehead atoms. The predicted molar refractivity (Wildman–Crippen MR) is 158 cm³/mol. The second-order valence-electron chi connectivity index (χ2n) is 9.91. The largest absolute Gasteiger partial charge is 0.457 e. The number of alkyl halides is 3. The number of halogens is 3. The zero-order valence-corrected chi connectivity index (χ0v) is 23.8. The average Bonchev–Trinajstić information content (AvgIpc) is 3.44. The lowest BCUT2D eigenvalue weighted by atomic mass is 10.0. The second kappa shape index (κ2) is 12.1. The van der Waals surface area contributed by atoms with Crippen molar-refractivity contribution in [3.63, 3.8) is 0 Å². The van der Waals surface area contributed by atoms with E-state index in [2.05, 4.69) is 21.1 Å². The Morgan fingerprint density at radius 3 is 2.45 bits per heavy atom. The Kier molecular flexibility index (Phi) is 8.28. The number of carbonyl (C=O) groups excluding carboxylic acids is 3. The predicted octanol–water partition coefficient (Wildman–Crippen LogP) is 6.87. The lowest BCUT2D eigenvalue weighted by Crippen LogP contribution is -2.24. The number of nitrogens with one attached hydrogen (secondary N) is 4. The van der Waals surface area contributed by atoms with E-state index < -0.39 is 17.6 Å². The summed E-state index contributed by atoms with van der Waals surface area (Å²) in [5.41, 5.74) is 5.51. The third kappa shape index (κ3) is 6.35. The van der Waals surface area contributed by atoms with Crippen molar-refractivity contribution in [1.82, 2.24) is 10.5 Å². The van der Waals surface area contributed by atoms with Crippen LogP contribution in [0.3, 0.4) is 0 Å². The number of ether oxygens (including phenoxy) is 1. The zero-order valence-electron chi connectivity index (χ0n) is 23.8. The minimum atomic E-state index is -4.57. The summed E-state index contributed by atoms with van der Waals surface area (Å²) in [4.78, 5) is 46.2. The van der Waals surface area contributed by atoms with E-state index in [0.29, 0.717) is 63.1 Å². The van der Waals surface area contributed by atoms with E-state index in [9.17, 15) is 27.6 Å². The zero-order chi connectivity index (χ0) is 31.6. The molecule has 4 aromatic rings. The highest BCUT2D eigenvalue weighted by atomic mass is 19.4. The van der Waals surface area contributed by atoms with Gasteiger partial charge in [-0.1, -0.05) is 12.1 Å². The van der Waals surface area contributed by atoms with Crippen LogP contribution in [0, 0.1) is 13.8 Å². The molecule has 2 heterocycles. The lowest BCUT2D eigenvalue weighted by molar-refractivity contribution is -0.137. The van der Waals surface area contributed by atoms with Gasteiger partial charge in [-0.25, -0.2) is 5.48 Å². The fourth-order valence-corrected chi connectivity index (χ4v) is 4.79. The minimum absolute atomic E-state index is 0.140. The highest BCUT2D eigenvalue weighted by molar-refractivity contribution is 6.35. The first-order valence-corrected chi connectivity index (χ1v) is 13.5. The molecule has 0 unspecified atom stereocenters. The molecule has 0 fully saturated rings. The number of rotatable bonds is 8. The summed E-state index contributed by atoms with van der Waals surface area (Å²) in [6.07, 6.45) is -2.89. The van der Waals surface area contributed by atoms with Crippen molar-refractivity contribution in [2.45, 2.75) is 26.9 Å². The Morgan fingerprint density at radius 1 is 0.955 bits per heavy atom. The smallest absolute Gasteiger partial charge is 0.416 e. The van der Waals surface area contributed by atoms with Crippen molar-refractivity contribution in [1.29, 1.82) is 0 Å². The van der Waals surface area contributed by atoms with Gasteiger partial charge in [-0.3, -0.25) is 19.2 Å². The van der Waals surface area contributed by atoms with Gasteiger partial charge in [0.05, 0.1) is 29.0 Å². The molecule has 0 aliphatic carbocycles. The van der Waals surface area contributed by atoms with Crippen LogP contribution in [0.2, 0.25) is 0 Å². The van der Waals surface area contributed by atoms with Crippen LogP contribution >= 0.6 is 0 Å². The van der Waals surface area contributed by atoms with E-state index in [1.54, 1.807) is 63.2 Å². The maximum Gasteiger partial charge on any atom is 0.416 e. The quantitative estimate of drug-likeness (QED) is 0.129. The Bertz CT molecular complexity index is 1810. The molecule has 0 saturated heterocycles. The molecule has 0 radical (unpaired) electrons. The van der Waals surface area contributed by atoms with Gasteiger partial charge in [0, 0.05) is 40.3 Å². The SMILES string of the molecule is CCONC(=O)c1c(C)[nH]c(C=C2C(=O)Nc3cc(Oc4cccc(NC(=O)c5cccc(C(F)(F)F)c5)c4)ccc32)c1C. The standard InChI is InChI=1S/C32H27F3N4O5/c1-4-43-39-31(42)28-17(2)26(36-18(28)3)16-25-24-12-11-23(15-27(24)38-30(25)41)44-22-10-6-9-21(14-22)37-29(40)19-7-5-8-20(13-19)32(33,34)35/h5-16,36H,4H2,1-3H3,(H,37,40)(H,38,41)(H,39,42). The monoisotopic (exact) mass is 604 g/mol. The molecule has 1 aliphatic heterocycles. The molecule has 4 N–H and O–H groups in total. The van der Waals surface area contributed by atoms with Crippen molar-refractivity contribution in [3.05, 3.63) is 106 Å². The molecular weight excluding hydrogens is 577 g/mol. The normalized spacial score (nSPS) is 13.4. The van der Waals surface area contributed by atoms with Crippen LogP contribution in [-0.2, 0) is 15.8 Å². The van der Waals surface area contributed by atoms with Crippen molar-refractivity contribution in [2.75, 3.05) is 17.2 Å². The molecule has 1 aliphatic rings. The second-order valence-corrected chi connectivity index (χ2v) is 9.91. The molecule has 0 atom stereocenters. The van der Waals surface area contributed by atoms with Gasteiger partial charge in [-0.2, -0.15) is 13.2 Å². The Balaban J connectivity index is 1.32. The van der Waals surface area contributed by atoms with Crippen molar-refractivity contribution in [3.8, 4) is 11.5 Å². The van der Waals surface area contributed by atoms with E-state index in [4.69, 9.17) is 9.57 Å². The number of H-pyrrole nitrogens is 1. The Hall–Kier alpha value is -5.36. The summed E-state index contributed by atoms with van der Waals surface area (Å²) in [6.45, 7) is 5.61. The van der Waals surface area contributed by atoms with Gasteiger partial charge < -0.3 is 20.4 Å². The summed E-state index contributed by atoms with van der Waals surface area (Å²) in [5, 5.41) is 5.40. The summed E-state index contributed by atoms with van der Waals surface area (Å²) in [6, 6.07) is 15.6. The van der Waals surface area contributed by atoms with Crippen LogP contribution in [-0.4, -0.2) is 29.3 Å². The number of benzene rings is 3. The van der Waals surface area contributed by atoms with Crippen molar-refractivity contribution < 1.29 is 37.1 Å². The molecule has 12 heteroatoms. The molecule has 3 aromatic carbocycles. The fourth-order valence-electron chi connectivity index (χ4n) is 4.79. The molecular formula is C32H27F3N4O5. The van der Waals surface area contributed by atoms with Crippen LogP contribution in [0.1, 0.15) is 55.7 Å². The number of aryl methyl sites for hydroxylation is 1. The van der Waals surface area contributed by atoms with Gasteiger partial charge in [-0.15, -0.1) is 0 Å². The van der Waals surface area contributed by atoms with E-state index in [-0.39, 0.29) is 17.4 Å². The van der Waals surface area contributed by atoms with E-state index in [1.165, 1.54) is 18.2 Å². The highest BCUT2D eigenvalue weighted by Gasteiger charge is 2.31. The number of hydroxylamine groups is 1. The van der Waals surface area contributed by atoms with Crippen molar-refractivity contribution >= 4 is 40.7 Å². The average molecular weight is 605 g/mol. The van der Waals surface area contributed by atoms with Gasteiger partial charge in [0.2, 0.25) is 0 Å². The topological polar surface area (TPSA) is 122 Å². The third-order valence-corrected chi connectivity index (χ3v) is 6.85. The molecule has 3 amide bonds. The van der Waals surface area contributed by atoms with Crippen LogP contribution in [0.5, 0.6) is 11.5 Å². The van der Waals surface area contributed by atoms with Gasteiger partial charge in [0.1, 0.15) is 11.5 Å². The molecule has 5 rings (SSSR count). The first-order valence-electron chi connectivity index (χ1n) is 13.5. The summed E-state index contributed by atoms with van der Waals surface area (Å²) in [7, 11) is 0. The number of anilines is 2. The summed E-state index contributed by atoms with van der Waals surface area (Å²) < 4.78 is 45.1. The maximum atomic E-state index is 13.0. The Labute approximate surface area is 250 Å². The van der Waals surface area contributed by atoms with E-state index in [0.717, 1.165) is 12.1 Å². The summed E-state index contributed by atoms with van der Waals surface area (Å²) >= 11 is 0. The van der Waals surface area contributed by atoms with E-state index in [1.807, 2.05) is 0 Å². The van der Waals surface area contributed by atoms with Crippen LogP contribution in [0.15, 0.2) is 66.7 Å². The first-order chi connectivity index (χ1) is 20.9. The molecule has 0 saturated carbocycles. The number of amides is 3. The van der Waals surface area contributed by atoms with Gasteiger partial charge in [-0.05, 0) is 74.9 Å². The molecule has 44 heavy (non-hydrogen) atoms. The maximum absolute atomic E-state index is 13.0. The Morgan fingerprint density at radius 2 is 1.70 bits per heavy atom. The third-order valence-electron chi connectivity index (χ3n) is 6.85. The molecule has 9 nitrogen and oxygen atoms in total. The molecule has 226 valence electrons. The number of fused-ring (bicyclic) bond motifs is 1. The number of aromatic amines is 1. The van der Waals surface area contributed by atoms with Gasteiger partial charge in [0.15, 0.2) is 0 Å². The van der Waals surface area contributed by atoms with Crippen LogP contribution < -0.4 is 20.9 Å². The van der Waals surface area contributed by atoms with Crippen LogP contribution in [0.25, 0.3) is 11.6 Å². The summed E-state index contributed by atoms with van der Waals surface area (Å²) in [5.74, 6) is -0.679. The van der Waals surface area contributed by atoms with Gasteiger partial charge >= 0.3 is 6.18 Å². The van der Waals surface area contributed by atoms with Crippen LogP contribution in [0.4, 0.5) is 24.5 Å². The molecule has 1 aromatic heterocycles. The molecule has 0 spiro atoms. The first kappa shape index (κ1) is 30.1. The fraction of sp³-hybridized carbons (Fsp3) is 0.156. The number of aromatic nitrogens is 1. The number of hydrogen-bond acceptors (Lipinski definition) is 5. The number of carbonyl (C=O) groups is 3. The van der Waals surface area contributed by atoms with E-state index >= 15 is 0 Å². The minimum Gasteiger partial charge on any atom is -0.457 e. The lowest BCUT2D eigenvalue weighted by Gasteiger charge is -2.11. The van der Waals surface area contributed by atoms with Crippen molar-refractivity contribution in [2.24, 2.45) is 0 Å². The highest BCUT2D eigenvalue weighted by Crippen LogP contribution is 2.38.